The third kappa shape index (κ3) is 3.73. The van der Waals surface area contributed by atoms with Crippen LogP contribution in [0, 0.1) is 0 Å². The van der Waals surface area contributed by atoms with Gasteiger partial charge < -0.3 is 10.8 Å². The Morgan fingerprint density at radius 3 is 2.11 bits per heavy atom. The first-order valence-corrected chi connectivity index (χ1v) is 5.83. The zero-order chi connectivity index (χ0) is 13.0. The van der Waals surface area contributed by atoms with Crippen molar-refractivity contribution in [2.24, 2.45) is 0 Å². The number of rotatable bonds is 4. The average Bonchev–Trinajstić information content (AvgIpc) is 2.38. The van der Waals surface area contributed by atoms with E-state index in [9.17, 15) is 4.79 Å². The van der Waals surface area contributed by atoms with Crippen LogP contribution in [0.2, 0.25) is 0 Å². The van der Waals surface area contributed by atoms with E-state index < -0.39 is 5.97 Å². The summed E-state index contributed by atoms with van der Waals surface area (Å²) in [4.78, 5) is 11.1. The van der Waals surface area contributed by atoms with E-state index in [1.807, 2.05) is 36.4 Å². The Kier molecular flexibility index (Phi) is 5.39. The van der Waals surface area contributed by atoms with Crippen molar-refractivity contribution in [3.63, 3.8) is 0 Å². The normalized spacial score (nSPS) is 9.68. The van der Waals surface area contributed by atoms with E-state index in [0.29, 0.717) is 12.0 Å². The van der Waals surface area contributed by atoms with Crippen molar-refractivity contribution >= 4 is 24.1 Å². The number of nitrogen functional groups attached to an aromatic ring is 1. The molecule has 0 atom stereocenters. The zero-order valence-corrected chi connectivity index (χ0v) is 11.2. The lowest BCUT2D eigenvalue weighted by molar-refractivity contribution is 0.0695. The highest BCUT2D eigenvalue weighted by Gasteiger charge is 2.09. The SMILES string of the molecule is Cl.Nc1ccccc1CCc1ccccc1C(=O)O. The van der Waals surface area contributed by atoms with E-state index in [-0.39, 0.29) is 12.4 Å². The van der Waals surface area contributed by atoms with Crippen LogP contribution in [0.15, 0.2) is 48.5 Å². The minimum absolute atomic E-state index is 0. The molecule has 0 unspecified atom stereocenters. The van der Waals surface area contributed by atoms with Gasteiger partial charge in [0.15, 0.2) is 0 Å². The van der Waals surface area contributed by atoms with Gasteiger partial charge in [-0.1, -0.05) is 36.4 Å². The van der Waals surface area contributed by atoms with Crippen molar-refractivity contribution in [2.75, 3.05) is 5.73 Å². The minimum Gasteiger partial charge on any atom is -0.478 e. The molecule has 0 saturated carbocycles. The van der Waals surface area contributed by atoms with Gasteiger partial charge in [0.2, 0.25) is 0 Å². The maximum atomic E-state index is 11.1. The molecule has 0 fully saturated rings. The Morgan fingerprint density at radius 2 is 1.47 bits per heavy atom. The summed E-state index contributed by atoms with van der Waals surface area (Å²) >= 11 is 0. The number of para-hydroxylation sites is 1. The first-order chi connectivity index (χ1) is 8.68. The predicted molar refractivity (Wildman–Crippen MR) is 78.9 cm³/mol. The molecule has 0 amide bonds. The molecule has 0 spiro atoms. The number of aromatic carboxylic acids is 1. The molecule has 0 saturated heterocycles. The zero-order valence-electron chi connectivity index (χ0n) is 10.4. The predicted octanol–water partition coefficient (Wildman–Crippen LogP) is 3.17. The van der Waals surface area contributed by atoms with Gasteiger partial charge in [-0.05, 0) is 36.1 Å². The Morgan fingerprint density at radius 1 is 0.947 bits per heavy atom. The Bertz CT molecular complexity index is 570. The van der Waals surface area contributed by atoms with Crippen molar-refractivity contribution < 1.29 is 9.90 Å². The van der Waals surface area contributed by atoms with Crippen LogP contribution in [-0.4, -0.2) is 11.1 Å². The lowest BCUT2D eigenvalue weighted by atomic mass is 9.99. The van der Waals surface area contributed by atoms with E-state index >= 15 is 0 Å². The van der Waals surface area contributed by atoms with E-state index in [0.717, 1.165) is 23.2 Å². The Labute approximate surface area is 118 Å². The maximum absolute atomic E-state index is 11.1. The van der Waals surface area contributed by atoms with Crippen LogP contribution in [0.5, 0.6) is 0 Å². The maximum Gasteiger partial charge on any atom is 0.335 e. The number of aryl methyl sites for hydroxylation is 2. The second-order valence-corrected chi connectivity index (χ2v) is 4.16. The monoisotopic (exact) mass is 277 g/mol. The van der Waals surface area contributed by atoms with Crippen LogP contribution in [0.1, 0.15) is 21.5 Å². The van der Waals surface area contributed by atoms with Crippen LogP contribution >= 0.6 is 12.4 Å². The molecule has 2 rings (SSSR count). The van der Waals surface area contributed by atoms with Gasteiger partial charge in [-0.15, -0.1) is 12.4 Å². The fourth-order valence-corrected chi connectivity index (χ4v) is 1.98. The van der Waals surface area contributed by atoms with Crippen molar-refractivity contribution in [1.82, 2.24) is 0 Å². The first-order valence-electron chi connectivity index (χ1n) is 5.83. The summed E-state index contributed by atoms with van der Waals surface area (Å²) in [5.74, 6) is -0.883. The molecule has 0 aromatic heterocycles. The van der Waals surface area contributed by atoms with Crippen molar-refractivity contribution in [1.29, 1.82) is 0 Å². The minimum atomic E-state index is -0.883. The molecule has 4 heteroatoms. The first kappa shape index (κ1) is 15.1. The highest BCUT2D eigenvalue weighted by Crippen LogP contribution is 2.16. The number of anilines is 1. The summed E-state index contributed by atoms with van der Waals surface area (Å²) in [5.41, 5.74) is 8.88. The quantitative estimate of drug-likeness (QED) is 0.844. The molecule has 0 bridgehead atoms. The molecule has 0 aliphatic heterocycles. The molecule has 2 aromatic rings. The second-order valence-electron chi connectivity index (χ2n) is 4.16. The van der Waals surface area contributed by atoms with Gasteiger partial charge in [-0.25, -0.2) is 4.79 Å². The Hall–Kier alpha value is -2.00. The largest absolute Gasteiger partial charge is 0.478 e. The van der Waals surface area contributed by atoms with Gasteiger partial charge in [0.1, 0.15) is 0 Å². The summed E-state index contributed by atoms with van der Waals surface area (Å²) in [5, 5.41) is 9.09. The van der Waals surface area contributed by atoms with E-state index in [1.165, 1.54) is 0 Å². The molecule has 0 aliphatic carbocycles. The van der Waals surface area contributed by atoms with Gasteiger partial charge in [0.05, 0.1) is 5.56 Å². The molecule has 100 valence electrons. The van der Waals surface area contributed by atoms with Crippen molar-refractivity contribution in [2.45, 2.75) is 12.8 Å². The number of nitrogens with two attached hydrogens (primary N) is 1. The van der Waals surface area contributed by atoms with Gasteiger partial charge in [0, 0.05) is 5.69 Å². The highest BCUT2D eigenvalue weighted by molar-refractivity contribution is 5.89. The van der Waals surface area contributed by atoms with Gasteiger partial charge in [0.25, 0.3) is 0 Å². The molecule has 19 heavy (non-hydrogen) atoms. The molecule has 2 aromatic carbocycles. The standard InChI is InChI=1S/C15H15NO2.ClH/c16-14-8-4-2-6-12(14)10-9-11-5-1-3-7-13(11)15(17)18;/h1-8H,9-10,16H2,(H,17,18);1H. The van der Waals surface area contributed by atoms with Crippen LogP contribution in [0.25, 0.3) is 0 Å². The molecular formula is C15H16ClNO2. The third-order valence-electron chi connectivity index (χ3n) is 2.97. The van der Waals surface area contributed by atoms with Crippen LogP contribution in [0.3, 0.4) is 0 Å². The number of benzene rings is 2. The van der Waals surface area contributed by atoms with E-state index in [2.05, 4.69) is 0 Å². The fourth-order valence-electron chi connectivity index (χ4n) is 1.98. The average molecular weight is 278 g/mol. The number of carboxylic acid groups (broad SMARTS) is 1. The number of carbonyl (C=O) groups is 1. The van der Waals surface area contributed by atoms with E-state index in [1.54, 1.807) is 12.1 Å². The highest BCUT2D eigenvalue weighted by atomic mass is 35.5. The topological polar surface area (TPSA) is 63.3 Å². The summed E-state index contributed by atoms with van der Waals surface area (Å²) in [6.45, 7) is 0. The number of hydrogen-bond donors (Lipinski definition) is 2. The summed E-state index contributed by atoms with van der Waals surface area (Å²) in [7, 11) is 0. The smallest absolute Gasteiger partial charge is 0.335 e. The number of carboxylic acids is 1. The number of halogens is 1. The summed E-state index contributed by atoms with van der Waals surface area (Å²) in [6, 6.07) is 14.7. The Balaban J connectivity index is 0.00000180. The third-order valence-corrected chi connectivity index (χ3v) is 2.97. The molecule has 3 N–H and O–H groups in total. The summed E-state index contributed by atoms with van der Waals surface area (Å²) in [6.07, 6.45) is 1.42. The van der Waals surface area contributed by atoms with Gasteiger partial charge in [-0.3, -0.25) is 0 Å². The molecule has 0 radical (unpaired) electrons. The van der Waals surface area contributed by atoms with Gasteiger partial charge >= 0.3 is 5.97 Å². The van der Waals surface area contributed by atoms with E-state index in [4.69, 9.17) is 10.8 Å². The molecule has 0 aliphatic rings. The number of hydrogen-bond acceptors (Lipinski definition) is 2. The van der Waals surface area contributed by atoms with Crippen molar-refractivity contribution in [3.05, 3.63) is 65.2 Å². The van der Waals surface area contributed by atoms with Crippen LogP contribution in [0.4, 0.5) is 5.69 Å². The van der Waals surface area contributed by atoms with Crippen molar-refractivity contribution in [3.8, 4) is 0 Å². The van der Waals surface area contributed by atoms with Crippen LogP contribution in [-0.2, 0) is 12.8 Å². The summed E-state index contributed by atoms with van der Waals surface area (Å²) < 4.78 is 0. The van der Waals surface area contributed by atoms with Crippen LogP contribution < -0.4 is 5.73 Å². The molecule has 3 nitrogen and oxygen atoms in total. The second kappa shape index (κ2) is 6.81. The molecular weight excluding hydrogens is 262 g/mol. The lowest BCUT2D eigenvalue weighted by Crippen LogP contribution is -2.04. The fraction of sp³-hybridized carbons (Fsp3) is 0.133. The van der Waals surface area contributed by atoms with Gasteiger partial charge in [-0.2, -0.15) is 0 Å². The lowest BCUT2D eigenvalue weighted by Gasteiger charge is -2.07. The molecule has 0 heterocycles.